The number of alkyl halides is 6. The van der Waals surface area contributed by atoms with Gasteiger partial charge in [0.1, 0.15) is 24.2 Å². The van der Waals surface area contributed by atoms with Crippen molar-refractivity contribution in [3.05, 3.63) is 23.9 Å². The number of aliphatic hydroxyl groups excluding tert-OH is 1. The lowest BCUT2D eigenvalue weighted by molar-refractivity contribution is -0.115. The van der Waals surface area contributed by atoms with Crippen LogP contribution in [0.2, 0.25) is 0 Å². The Morgan fingerprint density at radius 2 is 1.74 bits per heavy atom. The molecule has 0 spiro atoms. The zero-order valence-corrected chi connectivity index (χ0v) is 13.5. The first-order valence-electron chi connectivity index (χ1n) is 7.53. The number of aromatic nitrogens is 3. The summed E-state index contributed by atoms with van der Waals surface area (Å²) in [6, 6.07) is 0. The first-order chi connectivity index (χ1) is 12.4. The largest absolute Gasteiger partial charge is 0.430 e. The molecule has 0 fully saturated rings. The molecule has 0 radical (unpaired) electrons. The third-order valence-corrected chi connectivity index (χ3v) is 3.44. The molecule has 6 nitrogen and oxygen atoms in total. The molecule has 1 heterocycles. The van der Waals surface area contributed by atoms with Crippen LogP contribution >= 0.6 is 0 Å². The maximum Gasteiger partial charge on any atom is 0.430 e. The van der Waals surface area contributed by atoms with Gasteiger partial charge >= 0.3 is 12.4 Å². The van der Waals surface area contributed by atoms with Gasteiger partial charge in [0.25, 0.3) is 0 Å². The van der Waals surface area contributed by atoms with Crippen LogP contribution < -0.4 is 10.6 Å². The van der Waals surface area contributed by atoms with Crippen molar-refractivity contribution in [1.82, 2.24) is 15.0 Å². The van der Waals surface area contributed by atoms with Gasteiger partial charge in [-0.3, -0.25) is 0 Å². The number of anilines is 2. The Labute approximate surface area is 148 Å². The third-order valence-electron chi connectivity index (χ3n) is 3.44. The highest BCUT2D eigenvalue weighted by atomic mass is 19.4. The maximum absolute atomic E-state index is 14.1. The minimum Gasteiger partial charge on any atom is -0.386 e. The molecule has 3 N–H and O–H groups in total. The molecule has 0 aromatic carbocycles. The van der Waals surface area contributed by atoms with Crippen LogP contribution in [0.4, 0.5) is 42.6 Å². The molecular formula is C14H14F7N5O. The van der Waals surface area contributed by atoms with Crippen LogP contribution in [0.5, 0.6) is 0 Å². The van der Waals surface area contributed by atoms with E-state index in [1.165, 1.54) is 0 Å². The molecule has 0 saturated carbocycles. The molecule has 1 unspecified atom stereocenters. The molecule has 2 rings (SSSR count). The van der Waals surface area contributed by atoms with Gasteiger partial charge in [-0.15, -0.1) is 0 Å². The van der Waals surface area contributed by atoms with Crippen molar-refractivity contribution in [3.8, 4) is 0 Å². The fourth-order valence-electron chi connectivity index (χ4n) is 2.17. The van der Waals surface area contributed by atoms with Crippen molar-refractivity contribution in [2.75, 3.05) is 17.2 Å². The fourth-order valence-corrected chi connectivity index (χ4v) is 2.17. The van der Waals surface area contributed by atoms with E-state index in [-0.39, 0.29) is 18.4 Å². The quantitative estimate of drug-likeness (QED) is 0.655. The number of aliphatic hydroxyl groups is 1. The Morgan fingerprint density at radius 1 is 1.11 bits per heavy atom. The van der Waals surface area contributed by atoms with Gasteiger partial charge in [-0.05, 0) is 19.3 Å². The lowest BCUT2D eigenvalue weighted by atomic mass is 9.96. The highest BCUT2D eigenvalue weighted by molar-refractivity contribution is 5.65. The van der Waals surface area contributed by atoms with Crippen molar-refractivity contribution in [3.63, 3.8) is 0 Å². The van der Waals surface area contributed by atoms with E-state index in [1.54, 1.807) is 10.6 Å². The predicted octanol–water partition coefficient (Wildman–Crippen LogP) is 3.56. The number of nitrogens with zero attached hydrogens (tertiary/aromatic N) is 3. The van der Waals surface area contributed by atoms with Crippen LogP contribution in [0.3, 0.4) is 0 Å². The number of hydrogen-bond donors (Lipinski definition) is 3. The summed E-state index contributed by atoms with van der Waals surface area (Å²) in [5.74, 6) is -2.96. The number of hydrogen-bond acceptors (Lipinski definition) is 6. The second-order valence-corrected chi connectivity index (χ2v) is 5.61. The average Bonchev–Trinajstić information content (AvgIpc) is 2.54. The van der Waals surface area contributed by atoms with Crippen LogP contribution in [0, 0.1) is 0 Å². The molecular weight excluding hydrogens is 387 g/mol. The lowest BCUT2D eigenvalue weighted by Gasteiger charge is -2.20. The molecule has 150 valence electrons. The SMILES string of the molecule is C=C(Nc1nc(NCC(F)(F)F)nc(C2=C(F)C(O)CCC2)n1)C(F)(F)F. The Bertz CT molecular complexity index is 744. The summed E-state index contributed by atoms with van der Waals surface area (Å²) < 4.78 is 89.0. The zero-order valence-electron chi connectivity index (χ0n) is 13.5. The molecule has 0 bridgehead atoms. The summed E-state index contributed by atoms with van der Waals surface area (Å²) in [6.45, 7) is 1.17. The minimum atomic E-state index is -4.86. The summed E-state index contributed by atoms with van der Waals surface area (Å²) in [5.41, 5.74) is -1.69. The van der Waals surface area contributed by atoms with Crippen molar-refractivity contribution < 1.29 is 35.8 Å². The maximum atomic E-state index is 14.1. The van der Waals surface area contributed by atoms with E-state index in [9.17, 15) is 35.8 Å². The first kappa shape index (κ1) is 20.9. The highest BCUT2D eigenvalue weighted by Gasteiger charge is 2.33. The smallest absolute Gasteiger partial charge is 0.386 e. The van der Waals surface area contributed by atoms with Crippen LogP contribution in [0.25, 0.3) is 5.57 Å². The van der Waals surface area contributed by atoms with E-state index < -0.39 is 54.2 Å². The monoisotopic (exact) mass is 401 g/mol. The van der Waals surface area contributed by atoms with E-state index >= 15 is 0 Å². The summed E-state index contributed by atoms with van der Waals surface area (Å²) in [4.78, 5) is 10.7. The van der Waals surface area contributed by atoms with Crippen molar-refractivity contribution in [2.45, 2.75) is 37.7 Å². The van der Waals surface area contributed by atoms with Crippen molar-refractivity contribution in [1.29, 1.82) is 0 Å². The van der Waals surface area contributed by atoms with E-state index in [1.807, 2.05) is 0 Å². The predicted molar refractivity (Wildman–Crippen MR) is 81.1 cm³/mol. The van der Waals surface area contributed by atoms with E-state index in [0.717, 1.165) is 0 Å². The highest BCUT2D eigenvalue weighted by Crippen LogP contribution is 2.33. The molecule has 13 heteroatoms. The summed E-state index contributed by atoms with van der Waals surface area (Å²) in [5, 5.41) is 13.1. The Hall–Kier alpha value is -2.44. The number of allylic oxidation sites excluding steroid dienone is 2. The molecule has 0 saturated heterocycles. The first-order valence-corrected chi connectivity index (χ1v) is 7.53. The Kier molecular flexibility index (Phi) is 5.92. The van der Waals surface area contributed by atoms with Crippen molar-refractivity contribution >= 4 is 17.5 Å². The lowest BCUT2D eigenvalue weighted by Crippen LogP contribution is -2.24. The molecule has 0 amide bonds. The molecule has 1 aliphatic rings. The number of nitrogens with one attached hydrogen (secondary N) is 2. The Morgan fingerprint density at radius 3 is 2.33 bits per heavy atom. The zero-order chi connectivity index (χ0) is 20.4. The van der Waals surface area contributed by atoms with Gasteiger partial charge in [0.2, 0.25) is 11.9 Å². The van der Waals surface area contributed by atoms with Crippen LogP contribution in [-0.4, -0.2) is 45.1 Å². The average molecular weight is 401 g/mol. The van der Waals surface area contributed by atoms with Gasteiger partial charge in [0.05, 0.1) is 0 Å². The van der Waals surface area contributed by atoms with Gasteiger partial charge in [-0.2, -0.15) is 41.3 Å². The third kappa shape index (κ3) is 5.77. The number of rotatable bonds is 5. The van der Waals surface area contributed by atoms with Gasteiger partial charge < -0.3 is 15.7 Å². The molecule has 1 aromatic rings. The van der Waals surface area contributed by atoms with E-state index in [2.05, 4.69) is 21.5 Å². The van der Waals surface area contributed by atoms with E-state index in [0.29, 0.717) is 6.42 Å². The normalized spacial score (nSPS) is 18.4. The number of halogens is 7. The standard InChI is InChI=1S/C14H14F7N5O/c1-6(14(19,20)21)23-12-25-10(7-3-2-4-8(27)9(7)15)24-11(26-12)22-5-13(16,17)18/h8,27H,1-5H2,(H2,22,23,24,25,26). The van der Waals surface area contributed by atoms with Gasteiger partial charge in [-0.1, -0.05) is 6.58 Å². The van der Waals surface area contributed by atoms with Gasteiger partial charge in [-0.25, -0.2) is 4.39 Å². The molecule has 0 aliphatic heterocycles. The second kappa shape index (κ2) is 7.66. The topological polar surface area (TPSA) is 83.0 Å². The summed E-state index contributed by atoms with van der Waals surface area (Å²) in [6.07, 6.45) is -10.5. The van der Waals surface area contributed by atoms with Crippen LogP contribution in [-0.2, 0) is 0 Å². The molecule has 1 aliphatic carbocycles. The van der Waals surface area contributed by atoms with Crippen LogP contribution in [0.15, 0.2) is 18.1 Å². The van der Waals surface area contributed by atoms with Gasteiger partial charge in [0, 0.05) is 5.57 Å². The molecule has 27 heavy (non-hydrogen) atoms. The van der Waals surface area contributed by atoms with Gasteiger partial charge in [0.15, 0.2) is 5.82 Å². The van der Waals surface area contributed by atoms with Crippen molar-refractivity contribution in [2.24, 2.45) is 0 Å². The minimum absolute atomic E-state index is 0.0469. The Balaban J connectivity index is 2.41. The summed E-state index contributed by atoms with van der Waals surface area (Å²) >= 11 is 0. The molecule has 1 aromatic heterocycles. The fraction of sp³-hybridized carbons (Fsp3) is 0.500. The van der Waals surface area contributed by atoms with E-state index in [4.69, 9.17) is 0 Å². The molecule has 1 atom stereocenters. The second-order valence-electron chi connectivity index (χ2n) is 5.61. The summed E-state index contributed by atoms with van der Waals surface area (Å²) in [7, 11) is 0. The van der Waals surface area contributed by atoms with Crippen LogP contribution in [0.1, 0.15) is 25.1 Å².